The molecule has 5 aromatic rings. The number of amides is 2. The van der Waals surface area contributed by atoms with E-state index in [2.05, 4.69) is 25.7 Å². The largest absolute Gasteiger partial charge is 0.325 e. The first kappa shape index (κ1) is 22.5. The summed E-state index contributed by atoms with van der Waals surface area (Å²) in [6.07, 6.45) is 0. The summed E-state index contributed by atoms with van der Waals surface area (Å²) in [6, 6.07) is 22.2. The Morgan fingerprint density at radius 1 is 0.914 bits per heavy atom. The number of benzene rings is 3. The lowest BCUT2D eigenvalue weighted by Gasteiger charge is -2.12. The van der Waals surface area contributed by atoms with Crippen molar-refractivity contribution < 1.29 is 9.59 Å². The van der Waals surface area contributed by atoms with Crippen LogP contribution in [0.2, 0.25) is 0 Å². The lowest BCUT2D eigenvalue weighted by atomic mass is 10.1. The van der Waals surface area contributed by atoms with Gasteiger partial charge in [-0.25, -0.2) is 9.97 Å². The maximum atomic E-state index is 12.9. The molecule has 0 atom stereocenters. The molecule has 35 heavy (non-hydrogen) atoms. The van der Waals surface area contributed by atoms with Gasteiger partial charge in [-0.3, -0.25) is 9.59 Å². The number of rotatable bonds is 6. The highest BCUT2D eigenvalue weighted by atomic mass is 32.2. The van der Waals surface area contributed by atoms with Crippen LogP contribution < -0.4 is 10.6 Å². The molecule has 5 rings (SSSR count). The Bertz CT molecular complexity index is 1580. The number of carbonyl (C=O) groups is 2. The molecule has 2 N–H and O–H groups in total. The number of para-hydroxylation sites is 2. The molecule has 0 aliphatic heterocycles. The van der Waals surface area contributed by atoms with E-state index in [1.165, 1.54) is 11.8 Å². The molecule has 0 aliphatic rings. The standard InChI is InChI=1S/C26H22N6O2S/c1-16-8-7-9-18(14-16)28-25(34)20-11-4-6-13-22(20)29-23(33)15-35-26-30-21-12-5-3-10-19(21)24-27-17(2)31-32(24)26/h3-14H,15H2,1-2H3,(H,28,34)(H,29,33). The van der Waals surface area contributed by atoms with Crippen molar-refractivity contribution in [3.63, 3.8) is 0 Å². The molecule has 3 aromatic carbocycles. The zero-order valence-corrected chi connectivity index (χ0v) is 20.0. The average Bonchev–Trinajstić information content (AvgIpc) is 3.25. The van der Waals surface area contributed by atoms with Crippen molar-refractivity contribution in [3.05, 3.63) is 89.7 Å². The summed E-state index contributed by atoms with van der Waals surface area (Å²) in [7, 11) is 0. The molecule has 0 aliphatic carbocycles. The zero-order chi connectivity index (χ0) is 24.4. The molecular weight excluding hydrogens is 460 g/mol. The number of aromatic nitrogens is 4. The van der Waals surface area contributed by atoms with Crippen LogP contribution in [0, 0.1) is 13.8 Å². The zero-order valence-electron chi connectivity index (χ0n) is 19.1. The van der Waals surface area contributed by atoms with Crippen molar-refractivity contribution >= 4 is 51.5 Å². The summed E-state index contributed by atoms with van der Waals surface area (Å²) < 4.78 is 1.67. The molecule has 2 heterocycles. The van der Waals surface area contributed by atoms with Gasteiger partial charge < -0.3 is 10.6 Å². The second-order valence-electron chi connectivity index (χ2n) is 8.01. The number of nitrogens with zero attached hydrogens (tertiary/aromatic N) is 4. The first-order valence-corrected chi connectivity index (χ1v) is 12.0. The molecule has 0 saturated carbocycles. The van der Waals surface area contributed by atoms with Crippen molar-refractivity contribution in [3.8, 4) is 0 Å². The lowest BCUT2D eigenvalue weighted by Crippen LogP contribution is -2.19. The van der Waals surface area contributed by atoms with Gasteiger partial charge in [-0.15, -0.1) is 5.10 Å². The normalized spacial score (nSPS) is 11.0. The number of carbonyl (C=O) groups excluding carboxylic acids is 2. The number of nitrogens with one attached hydrogen (secondary N) is 2. The van der Waals surface area contributed by atoms with E-state index < -0.39 is 0 Å². The van der Waals surface area contributed by atoms with Crippen LogP contribution in [0.15, 0.2) is 78.0 Å². The summed E-state index contributed by atoms with van der Waals surface area (Å²) >= 11 is 1.26. The minimum atomic E-state index is -0.296. The molecule has 174 valence electrons. The Labute approximate surface area is 205 Å². The van der Waals surface area contributed by atoms with E-state index in [0.717, 1.165) is 16.5 Å². The fraction of sp³-hybridized carbons (Fsp3) is 0.115. The molecule has 2 amide bonds. The minimum absolute atomic E-state index is 0.0905. The summed E-state index contributed by atoms with van der Waals surface area (Å²) in [5.41, 5.74) is 4.05. The molecule has 0 fully saturated rings. The minimum Gasteiger partial charge on any atom is -0.325 e. The Balaban J connectivity index is 1.32. The SMILES string of the molecule is Cc1cccc(NC(=O)c2ccccc2NC(=O)CSc2nc3ccccc3c3nc(C)nn23)c1. The smallest absolute Gasteiger partial charge is 0.257 e. The van der Waals surface area contributed by atoms with Crippen molar-refractivity contribution in [2.24, 2.45) is 0 Å². The molecule has 0 spiro atoms. The Kier molecular flexibility index (Phi) is 6.15. The van der Waals surface area contributed by atoms with Gasteiger partial charge in [-0.1, -0.05) is 48.2 Å². The Morgan fingerprint density at radius 2 is 1.71 bits per heavy atom. The van der Waals surface area contributed by atoms with E-state index in [0.29, 0.717) is 33.6 Å². The number of aryl methyl sites for hydroxylation is 2. The molecule has 8 nitrogen and oxygen atoms in total. The monoisotopic (exact) mass is 482 g/mol. The average molecular weight is 483 g/mol. The summed E-state index contributed by atoms with van der Waals surface area (Å²) in [5.74, 6) is 0.164. The predicted molar refractivity (Wildman–Crippen MR) is 138 cm³/mol. The van der Waals surface area contributed by atoms with Gasteiger partial charge in [0, 0.05) is 11.1 Å². The van der Waals surface area contributed by atoms with Gasteiger partial charge in [-0.05, 0) is 55.8 Å². The third-order valence-corrected chi connectivity index (χ3v) is 6.24. The van der Waals surface area contributed by atoms with E-state index in [9.17, 15) is 9.59 Å². The highest BCUT2D eigenvalue weighted by Gasteiger charge is 2.16. The highest BCUT2D eigenvalue weighted by molar-refractivity contribution is 7.99. The topological polar surface area (TPSA) is 101 Å². The number of thioether (sulfide) groups is 1. The number of hydrogen-bond acceptors (Lipinski definition) is 6. The number of anilines is 2. The molecule has 9 heteroatoms. The quantitative estimate of drug-likeness (QED) is 0.264. The van der Waals surface area contributed by atoms with E-state index in [-0.39, 0.29) is 17.6 Å². The van der Waals surface area contributed by atoms with Crippen LogP contribution in [-0.4, -0.2) is 37.1 Å². The highest BCUT2D eigenvalue weighted by Crippen LogP contribution is 2.24. The Morgan fingerprint density at radius 3 is 2.57 bits per heavy atom. The summed E-state index contributed by atoms with van der Waals surface area (Å²) in [5, 5.41) is 11.7. The molecule has 0 bridgehead atoms. The van der Waals surface area contributed by atoms with E-state index in [4.69, 9.17) is 0 Å². The first-order valence-electron chi connectivity index (χ1n) is 11.0. The van der Waals surface area contributed by atoms with Crippen LogP contribution >= 0.6 is 11.8 Å². The van der Waals surface area contributed by atoms with Gasteiger partial charge in [-0.2, -0.15) is 4.52 Å². The predicted octanol–water partition coefficient (Wildman–Crippen LogP) is 4.88. The van der Waals surface area contributed by atoms with Crippen LogP contribution in [-0.2, 0) is 4.79 Å². The molecular formula is C26H22N6O2S. The molecule has 0 radical (unpaired) electrons. The van der Waals surface area contributed by atoms with Crippen molar-refractivity contribution in [1.29, 1.82) is 0 Å². The van der Waals surface area contributed by atoms with Gasteiger partial charge in [0.25, 0.3) is 5.91 Å². The third kappa shape index (κ3) is 4.85. The van der Waals surface area contributed by atoms with Crippen LogP contribution in [0.5, 0.6) is 0 Å². The number of fused-ring (bicyclic) bond motifs is 3. The first-order chi connectivity index (χ1) is 17.0. The lowest BCUT2D eigenvalue weighted by molar-refractivity contribution is -0.113. The maximum Gasteiger partial charge on any atom is 0.257 e. The van der Waals surface area contributed by atoms with Crippen LogP contribution in [0.1, 0.15) is 21.7 Å². The van der Waals surface area contributed by atoms with Gasteiger partial charge >= 0.3 is 0 Å². The van der Waals surface area contributed by atoms with Crippen LogP contribution in [0.4, 0.5) is 11.4 Å². The van der Waals surface area contributed by atoms with E-state index in [1.807, 2.05) is 62.4 Å². The molecule has 2 aromatic heterocycles. The fourth-order valence-electron chi connectivity index (χ4n) is 3.75. The van der Waals surface area contributed by atoms with Gasteiger partial charge in [0.05, 0.1) is 22.5 Å². The Hall–Kier alpha value is -4.24. The van der Waals surface area contributed by atoms with E-state index >= 15 is 0 Å². The summed E-state index contributed by atoms with van der Waals surface area (Å²) in [4.78, 5) is 34.9. The maximum absolute atomic E-state index is 12.9. The fourth-order valence-corrected chi connectivity index (χ4v) is 4.50. The van der Waals surface area contributed by atoms with Gasteiger partial charge in [0.1, 0.15) is 5.82 Å². The van der Waals surface area contributed by atoms with Gasteiger partial charge in [0.2, 0.25) is 5.91 Å². The third-order valence-electron chi connectivity index (χ3n) is 5.31. The second kappa shape index (κ2) is 9.55. The van der Waals surface area contributed by atoms with Crippen molar-refractivity contribution in [1.82, 2.24) is 19.6 Å². The van der Waals surface area contributed by atoms with Crippen LogP contribution in [0.25, 0.3) is 16.6 Å². The molecule has 0 unspecified atom stereocenters. The van der Waals surface area contributed by atoms with Crippen molar-refractivity contribution in [2.45, 2.75) is 19.0 Å². The van der Waals surface area contributed by atoms with Crippen LogP contribution in [0.3, 0.4) is 0 Å². The van der Waals surface area contributed by atoms with Crippen molar-refractivity contribution in [2.75, 3.05) is 16.4 Å². The number of hydrogen-bond donors (Lipinski definition) is 2. The summed E-state index contributed by atoms with van der Waals surface area (Å²) in [6.45, 7) is 3.78. The van der Waals surface area contributed by atoms with Gasteiger partial charge in [0.15, 0.2) is 10.8 Å². The second-order valence-corrected chi connectivity index (χ2v) is 8.95. The molecule has 0 saturated heterocycles. The van der Waals surface area contributed by atoms with E-state index in [1.54, 1.807) is 28.8 Å².